The van der Waals surface area contributed by atoms with Gasteiger partial charge in [0.1, 0.15) is 0 Å². The zero-order valence-electron chi connectivity index (χ0n) is 24.8. The topological polar surface area (TPSA) is 62.4 Å². The molecule has 0 spiro atoms. The maximum absolute atomic E-state index is 12.7. The van der Waals surface area contributed by atoms with Crippen molar-refractivity contribution in [3.05, 3.63) is 41.5 Å². The van der Waals surface area contributed by atoms with E-state index in [1.165, 1.54) is 56.9 Å². The first-order chi connectivity index (χ1) is 19.4. The Labute approximate surface area is 247 Å². The van der Waals surface area contributed by atoms with Crippen molar-refractivity contribution in [2.45, 2.75) is 109 Å². The van der Waals surface area contributed by atoms with Crippen LogP contribution in [0.3, 0.4) is 0 Å². The van der Waals surface area contributed by atoms with Crippen LogP contribution in [0.15, 0.2) is 41.5 Å². The molecule has 9 unspecified atom stereocenters. The van der Waals surface area contributed by atoms with Gasteiger partial charge in [0.05, 0.1) is 12.2 Å². The fraction of sp³-hybridized carbons (Fsp3) is 0.735. The fourth-order valence-corrected chi connectivity index (χ4v) is 9.96. The van der Waals surface area contributed by atoms with E-state index in [0.717, 1.165) is 42.7 Å². The third kappa shape index (κ3) is 5.49. The minimum absolute atomic E-state index is 0.0672. The summed E-state index contributed by atoms with van der Waals surface area (Å²) in [5.41, 5.74) is 4.47. The Morgan fingerprint density at radius 1 is 1.15 bits per heavy atom. The Balaban J connectivity index is 1.11. The van der Waals surface area contributed by atoms with Crippen molar-refractivity contribution in [2.24, 2.45) is 35.0 Å². The molecule has 10 atom stereocenters. The summed E-state index contributed by atoms with van der Waals surface area (Å²) in [5.74, 6) is 4.40. The molecule has 0 radical (unpaired) electrons. The van der Waals surface area contributed by atoms with Crippen LogP contribution >= 0.6 is 12.6 Å². The van der Waals surface area contributed by atoms with Gasteiger partial charge in [-0.1, -0.05) is 43.2 Å². The number of nitrogens with one attached hydrogen (secondary N) is 3. The van der Waals surface area contributed by atoms with Crippen molar-refractivity contribution in [3.63, 3.8) is 0 Å². The standard InChI is InChI=1S/C34H51N3O2S/c1-21(20-40)28-19-29-27(26(28)13-14-30-22(2)32-31(39-30)10-7-17-35-32)12-11-23-18-25(15-16-34(23,29)3)37-33(38)36-24-8-5-4-6-9-24/h4-6,8-9,22-23,25-27,29-32,35,40H,7,10-20H2,1-3H3,(H2,36,37,38)/b28-21-/t22?,23?,25?,26?,27?,29?,30-,31?,32?,34?/m1/s1. The first kappa shape index (κ1) is 28.6. The normalized spacial score (nSPS) is 42.0. The van der Waals surface area contributed by atoms with E-state index in [2.05, 4.69) is 36.7 Å². The number of ether oxygens (including phenoxy) is 1. The average molecular weight is 566 g/mol. The van der Waals surface area contributed by atoms with Gasteiger partial charge in [0.25, 0.3) is 0 Å². The van der Waals surface area contributed by atoms with Crippen LogP contribution in [0.5, 0.6) is 0 Å². The number of rotatable bonds is 6. The average Bonchev–Trinajstić information content (AvgIpc) is 3.50. The smallest absolute Gasteiger partial charge is 0.319 e. The van der Waals surface area contributed by atoms with Crippen LogP contribution in [0.2, 0.25) is 0 Å². The number of hydrogen-bond acceptors (Lipinski definition) is 4. The fourth-order valence-electron chi connectivity index (χ4n) is 9.75. The number of piperidine rings is 1. The molecule has 0 aromatic heterocycles. The number of para-hydroxylation sites is 1. The highest BCUT2D eigenvalue weighted by Crippen LogP contribution is 2.63. The van der Waals surface area contributed by atoms with Crippen LogP contribution < -0.4 is 16.0 Å². The first-order valence-corrected chi connectivity index (χ1v) is 16.8. The number of benzene rings is 1. The Kier molecular flexibility index (Phi) is 8.59. The van der Waals surface area contributed by atoms with Gasteiger partial charge >= 0.3 is 6.03 Å². The summed E-state index contributed by atoms with van der Waals surface area (Å²) >= 11 is 4.75. The molecule has 5 aliphatic rings. The molecular formula is C34H51N3O2S. The van der Waals surface area contributed by atoms with E-state index in [0.29, 0.717) is 41.4 Å². The second-order valence-electron chi connectivity index (χ2n) is 14.0. The van der Waals surface area contributed by atoms with Crippen molar-refractivity contribution < 1.29 is 9.53 Å². The molecule has 2 amide bonds. The number of thiol groups is 1. The Hall–Kier alpha value is -1.50. The van der Waals surface area contributed by atoms with Gasteiger partial charge in [-0.15, -0.1) is 0 Å². The van der Waals surface area contributed by atoms with Crippen molar-refractivity contribution in [1.29, 1.82) is 0 Å². The molecule has 2 heterocycles. The zero-order valence-corrected chi connectivity index (χ0v) is 25.7. The SMILES string of the molecule is C/C(CS)=C1\CC2C(CCC3CC(NC(=O)Nc4ccccc4)CCC32C)C1CC[C@H]1OC2CCCNC2C1C. The summed E-state index contributed by atoms with van der Waals surface area (Å²) in [4.78, 5) is 12.7. The van der Waals surface area contributed by atoms with Gasteiger partial charge in [-0.25, -0.2) is 4.79 Å². The molecule has 1 aromatic rings. The van der Waals surface area contributed by atoms with Gasteiger partial charge in [-0.2, -0.15) is 12.6 Å². The van der Waals surface area contributed by atoms with Crippen molar-refractivity contribution in [1.82, 2.24) is 10.6 Å². The molecule has 6 heteroatoms. The lowest BCUT2D eigenvalue weighted by Crippen LogP contribution is -2.51. The Bertz CT molecular complexity index is 1080. The molecule has 2 saturated heterocycles. The summed E-state index contributed by atoms with van der Waals surface area (Å²) < 4.78 is 6.65. The Morgan fingerprint density at radius 3 is 2.75 bits per heavy atom. The molecular weight excluding hydrogens is 514 g/mol. The largest absolute Gasteiger partial charge is 0.373 e. The van der Waals surface area contributed by atoms with Gasteiger partial charge < -0.3 is 20.7 Å². The highest BCUT2D eigenvalue weighted by atomic mass is 32.1. The molecule has 0 bridgehead atoms. The van der Waals surface area contributed by atoms with Gasteiger partial charge in [0.2, 0.25) is 0 Å². The summed E-state index contributed by atoms with van der Waals surface area (Å²) in [6, 6.07) is 10.5. The number of amides is 2. The predicted molar refractivity (Wildman–Crippen MR) is 167 cm³/mol. The summed E-state index contributed by atoms with van der Waals surface area (Å²) in [6.45, 7) is 8.50. The lowest BCUT2D eigenvalue weighted by atomic mass is 9.52. The monoisotopic (exact) mass is 565 g/mol. The van der Waals surface area contributed by atoms with E-state index in [-0.39, 0.29) is 12.1 Å². The van der Waals surface area contributed by atoms with Crippen LogP contribution in [0.1, 0.15) is 85.0 Å². The second-order valence-corrected chi connectivity index (χ2v) is 14.3. The van der Waals surface area contributed by atoms with E-state index in [1.807, 2.05) is 30.3 Å². The molecule has 3 N–H and O–H groups in total. The predicted octanol–water partition coefficient (Wildman–Crippen LogP) is 7.21. The molecule has 3 saturated carbocycles. The number of carbonyl (C=O) groups excluding carboxylic acids is 1. The van der Waals surface area contributed by atoms with Crippen LogP contribution in [-0.4, -0.2) is 42.6 Å². The number of carbonyl (C=O) groups is 1. The van der Waals surface area contributed by atoms with E-state index in [4.69, 9.17) is 17.4 Å². The van der Waals surface area contributed by atoms with Gasteiger partial charge in [0.15, 0.2) is 0 Å². The molecule has 1 aromatic carbocycles. The quantitative estimate of drug-likeness (QED) is 0.218. The van der Waals surface area contributed by atoms with E-state index < -0.39 is 0 Å². The van der Waals surface area contributed by atoms with E-state index in [1.54, 1.807) is 5.57 Å². The number of hydrogen-bond donors (Lipinski definition) is 4. The lowest BCUT2D eigenvalue weighted by molar-refractivity contribution is -0.0394. The van der Waals surface area contributed by atoms with Gasteiger partial charge in [-0.3, -0.25) is 0 Å². The molecule has 220 valence electrons. The maximum Gasteiger partial charge on any atom is 0.319 e. The summed E-state index contributed by atoms with van der Waals surface area (Å²) in [6.07, 6.45) is 13.0. The molecule has 2 aliphatic heterocycles. The minimum atomic E-state index is -0.0672. The van der Waals surface area contributed by atoms with E-state index in [9.17, 15) is 4.79 Å². The Morgan fingerprint density at radius 2 is 1.98 bits per heavy atom. The zero-order chi connectivity index (χ0) is 27.9. The van der Waals surface area contributed by atoms with Crippen LogP contribution in [-0.2, 0) is 4.74 Å². The van der Waals surface area contributed by atoms with Crippen molar-refractivity contribution >= 4 is 24.3 Å². The first-order valence-electron chi connectivity index (χ1n) is 16.2. The highest BCUT2D eigenvalue weighted by Gasteiger charge is 2.56. The molecule has 3 aliphatic carbocycles. The minimum Gasteiger partial charge on any atom is -0.373 e. The number of urea groups is 1. The van der Waals surface area contributed by atoms with Crippen LogP contribution in [0, 0.1) is 35.0 Å². The molecule has 5 nitrogen and oxygen atoms in total. The number of allylic oxidation sites excluding steroid dienone is 1. The van der Waals surface area contributed by atoms with E-state index >= 15 is 0 Å². The van der Waals surface area contributed by atoms with Crippen LogP contribution in [0.25, 0.3) is 0 Å². The molecule has 6 rings (SSSR count). The third-order valence-electron chi connectivity index (χ3n) is 12.0. The summed E-state index contributed by atoms with van der Waals surface area (Å²) in [7, 11) is 0. The second kappa shape index (κ2) is 12.0. The third-order valence-corrected chi connectivity index (χ3v) is 12.5. The number of anilines is 1. The molecule has 5 fully saturated rings. The number of fused-ring (bicyclic) bond motifs is 4. The van der Waals surface area contributed by atoms with Gasteiger partial charge in [0, 0.05) is 29.4 Å². The van der Waals surface area contributed by atoms with Crippen molar-refractivity contribution in [3.8, 4) is 0 Å². The summed E-state index contributed by atoms with van der Waals surface area (Å²) in [5, 5.41) is 10.1. The van der Waals surface area contributed by atoms with Crippen molar-refractivity contribution in [2.75, 3.05) is 17.6 Å². The maximum atomic E-state index is 12.7. The highest BCUT2D eigenvalue weighted by molar-refractivity contribution is 7.80. The lowest BCUT2D eigenvalue weighted by Gasteiger charge is -2.54. The molecule has 40 heavy (non-hydrogen) atoms. The van der Waals surface area contributed by atoms with Crippen LogP contribution in [0.4, 0.5) is 10.5 Å². The van der Waals surface area contributed by atoms with Gasteiger partial charge in [-0.05, 0) is 119 Å².